The van der Waals surface area contributed by atoms with E-state index in [0.717, 1.165) is 17.0 Å². The molecule has 0 saturated heterocycles. The van der Waals surface area contributed by atoms with Gasteiger partial charge in [0, 0.05) is 24.0 Å². The van der Waals surface area contributed by atoms with Crippen LogP contribution in [0, 0.1) is 6.92 Å². The van der Waals surface area contributed by atoms with E-state index in [-0.39, 0.29) is 12.5 Å². The maximum absolute atomic E-state index is 9.17. The topological polar surface area (TPSA) is 61.8 Å². The fourth-order valence-corrected chi connectivity index (χ4v) is 1.90. The monoisotopic (exact) mass is 217 g/mol. The number of aliphatic hydroxyl groups is 1. The second-order valence-electron chi connectivity index (χ2n) is 3.86. The first-order valence-electron chi connectivity index (χ1n) is 5.27. The lowest BCUT2D eigenvalue weighted by molar-refractivity contribution is 0.275. The quantitative estimate of drug-likeness (QED) is 0.823. The fraction of sp³-hybridized carbons (Fsp3) is 0.333. The van der Waals surface area contributed by atoms with E-state index in [2.05, 4.69) is 21.9 Å². The number of aliphatic hydroxyl groups excluding tert-OH is 1. The predicted molar refractivity (Wildman–Crippen MR) is 61.0 cm³/mol. The van der Waals surface area contributed by atoms with Crippen molar-refractivity contribution in [3.63, 3.8) is 0 Å². The molecule has 16 heavy (non-hydrogen) atoms. The van der Waals surface area contributed by atoms with Crippen molar-refractivity contribution >= 4 is 0 Å². The van der Waals surface area contributed by atoms with Crippen LogP contribution in [0.3, 0.4) is 0 Å². The van der Waals surface area contributed by atoms with Crippen LogP contribution in [0.15, 0.2) is 24.8 Å². The Hall–Kier alpha value is -1.68. The molecule has 4 heteroatoms. The van der Waals surface area contributed by atoms with E-state index in [4.69, 9.17) is 0 Å². The minimum atomic E-state index is -0.0185. The molecule has 0 fully saturated rings. The molecule has 4 nitrogen and oxygen atoms in total. The molecule has 0 aliphatic carbocycles. The molecule has 2 rings (SSSR count). The van der Waals surface area contributed by atoms with Gasteiger partial charge < -0.3 is 10.1 Å². The van der Waals surface area contributed by atoms with Crippen LogP contribution in [-0.2, 0) is 6.61 Å². The average molecular weight is 217 g/mol. The third-order valence-corrected chi connectivity index (χ3v) is 2.95. The van der Waals surface area contributed by atoms with Crippen LogP contribution >= 0.6 is 0 Å². The van der Waals surface area contributed by atoms with Crippen LogP contribution in [0.2, 0.25) is 0 Å². The number of rotatable bonds is 3. The summed E-state index contributed by atoms with van der Waals surface area (Å²) in [5, 5.41) is 9.17. The van der Waals surface area contributed by atoms with Gasteiger partial charge in [-0.15, -0.1) is 0 Å². The number of nitrogens with one attached hydrogen (secondary N) is 1. The molecule has 2 aromatic rings. The summed E-state index contributed by atoms with van der Waals surface area (Å²) in [6.45, 7) is 4.08. The molecular formula is C12H15N3O. The summed E-state index contributed by atoms with van der Waals surface area (Å²) >= 11 is 0. The van der Waals surface area contributed by atoms with Crippen molar-refractivity contribution in [3.05, 3.63) is 47.3 Å². The number of pyridine rings is 1. The van der Waals surface area contributed by atoms with Crippen molar-refractivity contribution in [1.29, 1.82) is 0 Å². The Morgan fingerprint density at radius 2 is 2.31 bits per heavy atom. The SMILES string of the molecule is Cc1c([C@H](C)c2cnc[nH]2)ccnc1CO. The van der Waals surface area contributed by atoms with Crippen LogP contribution in [0.1, 0.15) is 35.4 Å². The molecule has 0 amide bonds. The van der Waals surface area contributed by atoms with E-state index in [1.165, 1.54) is 5.56 Å². The van der Waals surface area contributed by atoms with E-state index >= 15 is 0 Å². The molecule has 2 N–H and O–H groups in total. The number of H-pyrrole nitrogens is 1. The van der Waals surface area contributed by atoms with Crippen molar-refractivity contribution in [1.82, 2.24) is 15.0 Å². The average Bonchev–Trinajstić information content (AvgIpc) is 2.82. The number of aromatic amines is 1. The van der Waals surface area contributed by atoms with Crippen molar-refractivity contribution in [2.24, 2.45) is 0 Å². The highest BCUT2D eigenvalue weighted by atomic mass is 16.3. The van der Waals surface area contributed by atoms with Gasteiger partial charge in [0.05, 0.1) is 18.6 Å². The fourth-order valence-electron chi connectivity index (χ4n) is 1.90. The van der Waals surface area contributed by atoms with Gasteiger partial charge in [0.15, 0.2) is 0 Å². The number of nitrogens with zero attached hydrogens (tertiary/aromatic N) is 2. The Bertz CT molecular complexity index is 465. The molecular weight excluding hydrogens is 202 g/mol. The Balaban J connectivity index is 2.41. The number of hydrogen-bond acceptors (Lipinski definition) is 3. The zero-order valence-corrected chi connectivity index (χ0v) is 9.44. The van der Waals surface area contributed by atoms with Gasteiger partial charge in [0.25, 0.3) is 0 Å². The van der Waals surface area contributed by atoms with Crippen molar-refractivity contribution in [3.8, 4) is 0 Å². The molecule has 2 aromatic heterocycles. The lowest BCUT2D eigenvalue weighted by atomic mass is 9.94. The molecule has 1 atom stereocenters. The first kappa shape index (κ1) is 10.8. The molecule has 0 radical (unpaired) electrons. The molecule has 0 aromatic carbocycles. The molecule has 0 bridgehead atoms. The smallest absolute Gasteiger partial charge is 0.0921 e. The minimum absolute atomic E-state index is 0.0185. The summed E-state index contributed by atoms with van der Waals surface area (Å²) in [4.78, 5) is 11.3. The van der Waals surface area contributed by atoms with Crippen molar-refractivity contribution in [2.75, 3.05) is 0 Å². The van der Waals surface area contributed by atoms with Crippen molar-refractivity contribution < 1.29 is 5.11 Å². The molecule has 2 heterocycles. The van der Waals surface area contributed by atoms with Crippen LogP contribution in [0.5, 0.6) is 0 Å². The minimum Gasteiger partial charge on any atom is -0.390 e. The first-order chi connectivity index (χ1) is 7.74. The van der Waals surface area contributed by atoms with E-state index in [1.807, 2.05) is 19.2 Å². The zero-order chi connectivity index (χ0) is 11.5. The summed E-state index contributed by atoms with van der Waals surface area (Å²) < 4.78 is 0. The normalized spacial score (nSPS) is 12.7. The highest BCUT2D eigenvalue weighted by Crippen LogP contribution is 2.25. The lowest BCUT2D eigenvalue weighted by Gasteiger charge is -2.14. The van der Waals surface area contributed by atoms with Gasteiger partial charge in [-0.2, -0.15) is 0 Å². The van der Waals surface area contributed by atoms with Gasteiger partial charge in [-0.25, -0.2) is 4.98 Å². The van der Waals surface area contributed by atoms with Gasteiger partial charge in [0.1, 0.15) is 0 Å². The third-order valence-electron chi connectivity index (χ3n) is 2.95. The maximum Gasteiger partial charge on any atom is 0.0921 e. The summed E-state index contributed by atoms with van der Waals surface area (Å²) in [7, 11) is 0. The van der Waals surface area contributed by atoms with Gasteiger partial charge in [-0.05, 0) is 24.1 Å². The Morgan fingerprint density at radius 3 is 2.94 bits per heavy atom. The summed E-state index contributed by atoms with van der Waals surface area (Å²) in [5.74, 6) is 0.232. The molecule has 84 valence electrons. The van der Waals surface area contributed by atoms with Crippen LogP contribution in [0.25, 0.3) is 0 Å². The van der Waals surface area contributed by atoms with Crippen LogP contribution < -0.4 is 0 Å². The number of aromatic nitrogens is 3. The van der Waals surface area contributed by atoms with Gasteiger partial charge in [-0.3, -0.25) is 4.98 Å². The highest BCUT2D eigenvalue weighted by Gasteiger charge is 2.14. The molecule has 0 aliphatic heterocycles. The van der Waals surface area contributed by atoms with Gasteiger partial charge in [0.2, 0.25) is 0 Å². The first-order valence-corrected chi connectivity index (χ1v) is 5.27. The number of imidazole rings is 1. The van der Waals surface area contributed by atoms with Gasteiger partial charge >= 0.3 is 0 Å². The lowest BCUT2D eigenvalue weighted by Crippen LogP contribution is -2.03. The van der Waals surface area contributed by atoms with Crippen molar-refractivity contribution in [2.45, 2.75) is 26.4 Å². The molecule has 0 unspecified atom stereocenters. The summed E-state index contributed by atoms with van der Waals surface area (Å²) in [5.41, 5.74) is 4.03. The van der Waals surface area contributed by atoms with Crippen LogP contribution in [0.4, 0.5) is 0 Å². The summed E-state index contributed by atoms with van der Waals surface area (Å²) in [6.07, 6.45) is 5.24. The maximum atomic E-state index is 9.17. The largest absolute Gasteiger partial charge is 0.390 e. The molecule has 0 aliphatic rings. The Labute approximate surface area is 94.4 Å². The third kappa shape index (κ3) is 1.84. The van der Waals surface area contributed by atoms with E-state index in [9.17, 15) is 5.11 Å². The van der Waals surface area contributed by atoms with E-state index in [1.54, 1.807) is 12.5 Å². The second-order valence-corrected chi connectivity index (χ2v) is 3.86. The van der Waals surface area contributed by atoms with E-state index in [0.29, 0.717) is 0 Å². The highest BCUT2D eigenvalue weighted by molar-refractivity contribution is 5.35. The van der Waals surface area contributed by atoms with Gasteiger partial charge in [-0.1, -0.05) is 6.92 Å². The van der Waals surface area contributed by atoms with E-state index < -0.39 is 0 Å². The standard InChI is InChI=1S/C12H15N3O/c1-8(11-5-13-7-15-11)10-3-4-14-12(6-16)9(10)2/h3-5,7-8,16H,6H2,1-2H3,(H,13,15)/t8-/m0/s1. The van der Waals surface area contributed by atoms with Crippen LogP contribution in [-0.4, -0.2) is 20.1 Å². The molecule has 0 spiro atoms. The predicted octanol–water partition coefficient (Wildman–Crippen LogP) is 1.76. The Kier molecular flexibility index (Phi) is 3.01. The molecule has 0 saturated carbocycles. The number of hydrogen-bond donors (Lipinski definition) is 2. The Morgan fingerprint density at radius 1 is 1.50 bits per heavy atom. The summed E-state index contributed by atoms with van der Waals surface area (Å²) in [6, 6.07) is 1.99. The second kappa shape index (κ2) is 4.45. The zero-order valence-electron chi connectivity index (χ0n) is 9.44.